The van der Waals surface area contributed by atoms with Crippen LogP contribution in [0.1, 0.15) is 36.8 Å². The molecule has 0 saturated heterocycles. The van der Waals surface area contributed by atoms with E-state index in [1.165, 1.54) is 24.1 Å². The molecule has 1 atom stereocenters. The van der Waals surface area contributed by atoms with Crippen LogP contribution in [0.25, 0.3) is 0 Å². The summed E-state index contributed by atoms with van der Waals surface area (Å²) in [5, 5.41) is 9.09. The third kappa shape index (κ3) is 2.09. The van der Waals surface area contributed by atoms with Crippen molar-refractivity contribution in [2.45, 2.75) is 32.1 Å². The van der Waals surface area contributed by atoms with Gasteiger partial charge in [-0.3, -0.25) is 4.79 Å². The average Bonchev–Trinajstić information content (AvgIpc) is 3.09. The lowest BCUT2D eigenvalue weighted by atomic mass is 9.99. The monoisotopic (exact) mass is 245 g/mol. The normalized spacial score (nSPS) is 19.7. The number of benzene rings is 1. The van der Waals surface area contributed by atoms with E-state index in [2.05, 4.69) is 17.0 Å². The van der Waals surface area contributed by atoms with Crippen molar-refractivity contribution in [3.63, 3.8) is 0 Å². The summed E-state index contributed by atoms with van der Waals surface area (Å²) >= 11 is 0. The van der Waals surface area contributed by atoms with Gasteiger partial charge in [0.15, 0.2) is 0 Å². The van der Waals surface area contributed by atoms with Gasteiger partial charge in [0.2, 0.25) is 0 Å². The third-order valence-corrected chi connectivity index (χ3v) is 4.15. The van der Waals surface area contributed by atoms with Crippen molar-refractivity contribution in [3.8, 4) is 0 Å². The van der Waals surface area contributed by atoms with Gasteiger partial charge in [-0.25, -0.2) is 0 Å². The van der Waals surface area contributed by atoms with Crippen molar-refractivity contribution >= 4 is 11.7 Å². The van der Waals surface area contributed by atoms with Gasteiger partial charge >= 0.3 is 5.97 Å². The summed E-state index contributed by atoms with van der Waals surface area (Å²) in [4.78, 5) is 13.5. The van der Waals surface area contributed by atoms with Crippen molar-refractivity contribution in [2.24, 2.45) is 5.92 Å². The first-order valence-electron chi connectivity index (χ1n) is 6.75. The Labute approximate surface area is 107 Å². The Bertz CT molecular complexity index is 479. The van der Waals surface area contributed by atoms with Crippen LogP contribution in [0.15, 0.2) is 18.2 Å². The lowest BCUT2D eigenvalue weighted by molar-refractivity contribution is -0.138. The standard InChI is InChI=1S/C15H19NO2/c1-10(15(17)18)13-5-4-12-6-7-16(14(12)8-13)9-11-2-3-11/h4-5,8,10-11H,2-3,6-7,9H2,1H3,(H,17,18). The zero-order valence-electron chi connectivity index (χ0n) is 10.7. The topological polar surface area (TPSA) is 40.5 Å². The van der Waals surface area contributed by atoms with Crippen LogP contribution in [0.2, 0.25) is 0 Å². The molecule has 1 aromatic carbocycles. The number of rotatable bonds is 4. The first-order chi connectivity index (χ1) is 8.65. The van der Waals surface area contributed by atoms with E-state index in [1.54, 1.807) is 6.92 Å². The van der Waals surface area contributed by atoms with Gasteiger partial charge in [0, 0.05) is 18.8 Å². The van der Waals surface area contributed by atoms with Crippen LogP contribution < -0.4 is 4.90 Å². The zero-order chi connectivity index (χ0) is 12.7. The summed E-state index contributed by atoms with van der Waals surface area (Å²) in [7, 11) is 0. The second kappa shape index (κ2) is 4.30. The van der Waals surface area contributed by atoms with Crippen molar-refractivity contribution in [1.29, 1.82) is 0 Å². The summed E-state index contributed by atoms with van der Waals surface area (Å²) < 4.78 is 0. The quantitative estimate of drug-likeness (QED) is 0.886. The molecule has 1 N–H and O–H groups in total. The fourth-order valence-electron chi connectivity index (χ4n) is 2.68. The second-order valence-electron chi connectivity index (χ2n) is 5.59. The molecular weight excluding hydrogens is 226 g/mol. The highest BCUT2D eigenvalue weighted by Gasteiger charge is 2.28. The molecule has 3 nitrogen and oxygen atoms in total. The van der Waals surface area contributed by atoms with Crippen molar-refractivity contribution in [3.05, 3.63) is 29.3 Å². The largest absolute Gasteiger partial charge is 0.481 e. The van der Waals surface area contributed by atoms with E-state index >= 15 is 0 Å². The van der Waals surface area contributed by atoms with Gasteiger partial charge in [0.25, 0.3) is 0 Å². The van der Waals surface area contributed by atoms with Crippen molar-refractivity contribution in [1.82, 2.24) is 0 Å². The zero-order valence-corrected chi connectivity index (χ0v) is 10.7. The second-order valence-corrected chi connectivity index (χ2v) is 5.59. The van der Waals surface area contributed by atoms with E-state index in [9.17, 15) is 4.79 Å². The maximum atomic E-state index is 11.1. The molecule has 0 spiro atoms. The first-order valence-corrected chi connectivity index (χ1v) is 6.75. The minimum absolute atomic E-state index is 0.418. The summed E-state index contributed by atoms with van der Waals surface area (Å²) in [6, 6.07) is 6.17. The molecule has 1 fully saturated rings. The van der Waals surface area contributed by atoms with Crippen LogP contribution >= 0.6 is 0 Å². The van der Waals surface area contributed by atoms with Crippen LogP contribution in [-0.2, 0) is 11.2 Å². The van der Waals surface area contributed by atoms with E-state index in [0.29, 0.717) is 0 Å². The van der Waals surface area contributed by atoms with Crippen molar-refractivity contribution < 1.29 is 9.90 Å². The van der Waals surface area contributed by atoms with Gasteiger partial charge in [-0.2, -0.15) is 0 Å². The van der Waals surface area contributed by atoms with Crippen molar-refractivity contribution in [2.75, 3.05) is 18.0 Å². The predicted octanol–water partition coefficient (Wildman–Crippen LogP) is 2.65. The lowest BCUT2D eigenvalue weighted by Crippen LogP contribution is -2.23. The minimum atomic E-state index is -0.748. The summed E-state index contributed by atoms with van der Waals surface area (Å²) in [6.45, 7) is 4.00. The molecule has 1 saturated carbocycles. The van der Waals surface area contributed by atoms with E-state index in [4.69, 9.17) is 5.11 Å². The molecule has 3 heteroatoms. The van der Waals surface area contributed by atoms with Crippen LogP contribution in [0.3, 0.4) is 0 Å². The van der Waals surface area contributed by atoms with E-state index < -0.39 is 11.9 Å². The Kier molecular flexibility index (Phi) is 2.77. The number of hydrogen-bond donors (Lipinski definition) is 1. The van der Waals surface area contributed by atoms with Crippen LogP contribution in [0, 0.1) is 5.92 Å². The number of nitrogens with zero attached hydrogens (tertiary/aromatic N) is 1. The Morgan fingerprint density at radius 3 is 2.94 bits per heavy atom. The summed E-state index contributed by atoms with van der Waals surface area (Å²) in [5.41, 5.74) is 3.56. The van der Waals surface area contributed by atoms with Crippen LogP contribution in [0.5, 0.6) is 0 Å². The van der Waals surface area contributed by atoms with Crippen LogP contribution in [0.4, 0.5) is 5.69 Å². The first kappa shape index (κ1) is 11.6. The van der Waals surface area contributed by atoms with Gasteiger partial charge in [0.05, 0.1) is 5.92 Å². The molecule has 96 valence electrons. The Hall–Kier alpha value is -1.51. The van der Waals surface area contributed by atoms with E-state index in [1.807, 2.05) is 6.07 Å². The molecule has 0 amide bonds. The lowest BCUT2D eigenvalue weighted by Gasteiger charge is -2.20. The number of carboxylic acid groups (broad SMARTS) is 1. The molecule has 1 unspecified atom stereocenters. The maximum absolute atomic E-state index is 11.1. The molecule has 0 aromatic heterocycles. The maximum Gasteiger partial charge on any atom is 0.310 e. The Morgan fingerprint density at radius 2 is 2.28 bits per heavy atom. The Morgan fingerprint density at radius 1 is 1.50 bits per heavy atom. The average molecular weight is 245 g/mol. The highest BCUT2D eigenvalue weighted by Crippen LogP contribution is 2.36. The Balaban J connectivity index is 1.86. The smallest absolute Gasteiger partial charge is 0.310 e. The molecular formula is C15H19NO2. The number of anilines is 1. The molecule has 0 radical (unpaired) electrons. The number of hydrogen-bond acceptors (Lipinski definition) is 2. The number of fused-ring (bicyclic) bond motifs is 1. The highest BCUT2D eigenvalue weighted by atomic mass is 16.4. The molecule has 3 rings (SSSR count). The predicted molar refractivity (Wildman–Crippen MR) is 71.1 cm³/mol. The van der Waals surface area contributed by atoms with E-state index in [0.717, 1.165) is 31.0 Å². The SMILES string of the molecule is CC(C(=O)O)c1ccc2c(c1)N(CC1CC1)CC2. The van der Waals surface area contributed by atoms with Gasteiger partial charge in [-0.05, 0) is 49.3 Å². The van der Waals surface area contributed by atoms with Crippen LogP contribution in [-0.4, -0.2) is 24.2 Å². The summed E-state index contributed by atoms with van der Waals surface area (Å²) in [5.74, 6) is -0.295. The fraction of sp³-hybridized carbons (Fsp3) is 0.533. The molecule has 1 aliphatic carbocycles. The molecule has 2 aliphatic rings. The van der Waals surface area contributed by atoms with E-state index in [-0.39, 0.29) is 0 Å². The van der Waals surface area contributed by atoms with Gasteiger partial charge in [-0.1, -0.05) is 12.1 Å². The highest BCUT2D eigenvalue weighted by molar-refractivity contribution is 5.76. The fourth-order valence-corrected chi connectivity index (χ4v) is 2.68. The number of carboxylic acids is 1. The number of carbonyl (C=O) groups is 1. The van der Waals surface area contributed by atoms with Gasteiger partial charge in [0.1, 0.15) is 0 Å². The van der Waals surface area contributed by atoms with Gasteiger partial charge < -0.3 is 10.0 Å². The molecule has 1 aromatic rings. The molecule has 1 aliphatic heterocycles. The molecule has 0 bridgehead atoms. The molecule has 18 heavy (non-hydrogen) atoms. The number of aliphatic carboxylic acids is 1. The third-order valence-electron chi connectivity index (χ3n) is 4.15. The molecule has 1 heterocycles. The summed E-state index contributed by atoms with van der Waals surface area (Å²) in [6.07, 6.45) is 3.82. The minimum Gasteiger partial charge on any atom is -0.481 e. The van der Waals surface area contributed by atoms with Gasteiger partial charge in [-0.15, -0.1) is 0 Å².